The van der Waals surface area contributed by atoms with Crippen LogP contribution in [0.3, 0.4) is 0 Å². The maximum absolute atomic E-state index is 13.0. The van der Waals surface area contributed by atoms with Crippen molar-refractivity contribution in [2.24, 2.45) is 23.7 Å². The number of carbonyl (C=O) groups is 3. The molecule has 0 radical (unpaired) electrons. The minimum atomic E-state index is -1.65. The van der Waals surface area contributed by atoms with Crippen molar-refractivity contribution in [2.75, 3.05) is 13.2 Å². The second-order valence-electron chi connectivity index (χ2n) is 8.82. The average molecular weight is 405 g/mol. The van der Waals surface area contributed by atoms with E-state index in [1.54, 1.807) is 18.3 Å². The van der Waals surface area contributed by atoms with E-state index < -0.39 is 41.1 Å². The van der Waals surface area contributed by atoms with E-state index in [4.69, 9.17) is 9.47 Å². The quantitative estimate of drug-likeness (QED) is 0.549. The minimum Gasteiger partial charge on any atom is -0.465 e. The number of ether oxygens (including phenoxy) is 2. The number of esters is 2. The number of nitrogens with zero attached hydrogens (tertiary/aromatic N) is 1. The lowest BCUT2D eigenvalue weighted by Crippen LogP contribution is -2.55. The van der Waals surface area contributed by atoms with Crippen molar-refractivity contribution in [1.82, 2.24) is 4.98 Å². The van der Waals surface area contributed by atoms with E-state index in [9.17, 15) is 19.5 Å². The first-order valence-electron chi connectivity index (χ1n) is 10.0. The highest BCUT2D eigenvalue weighted by Crippen LogP contribution is 2.46. The van der Waals surface area contributed by atoms with Crippen LogP contribution in [-0.2, 0) is 23.9 Å². The van der Waals surface area contributed by atoms with E-state index in [1.165, 1.54) is 13.1 Å². The summed E-state index contributed by atoms with van der Waals surface area (Å²) in [6.07, 6.45) is 2.74. The topological polar surface area (TPSA) is 103 Å². The fraction of sp³-hybridized carbons (Fsp3) is 0.636. The van der Waals surface area contributed by atoms with Gasteiger partial charge in [-0.2, -0.15) is 0 Å². The van der Waals surface area contributed by atoms with Gasteiger partial charge in [-0.05, 0) is 30.4 Å². The molecule has 4 atom stereocenters. The first-order valence-corrected chi connectivity index (χ1v) is 10.0. The Morgan fingerprint density at radius 3 is 2.28 bits per heavy atom. The second-order valence-corrected chi connectivity index (χ2v) is 8.82. The molecule has 2 rings (SSSR count). The maximum atomic E-state index is 13.0. The number of hydrogen-bond donors (Lipinski definition) is 1. The summed E-state index contributed by atoms with van der Waals surface area (Å²) in [5.74, 6) is -4.78. The molecule has 0 amide bonds. The van der Waals surface area contributed by atoms with Crippen molar-refractivity contribution in [3.63, 3.8) is 0 Å². The minimum absolute atomic E-state index is 0.101. The molecule has 1 aliphatic rings. The van der Waals surface area contributed by atoms with Crippen molar-refractivity contribution in [3.8, 4) is 0 Å². The summed E-state index contributed by atoms with van der Waals surface area (Å²) < 4.78 is 10.8. The molecule has 160 valence electrons. The number of rotatable bonds is 7. The van der Waals surface area contributed by atoms with E-state index in [-0.39, 0.29) is 31.5 Å². The van der Waals surface area contributed by atoms with Gasteiger partial charge in [0.2, 0.25) is 0 Å². The van der Waals surface area contributed by atoms with Crippen LogP contribution in [-0.4, -0.2) is 46.6 Å². The molecule has 7 nitrogen and oxygen atoms in total. The van der Waals surface area contributed by atoms with Crippen LogP contribution in [0.1, 0.15) is 52.5 Å². The average Bonchev–Trinajstić information content (AvgIpc) is 2.63. The van der Waals surface area contributed by atoms with Gasteiger partial charge in [0.1, 0.15) is 5.92 Å². The molecule has 0 spiro atoms. The molecule has 1 N–H and O–H groups in total. The van der Waals surface area contributed by atoms with Crippen LogP contribution in [0.4, 0.5) is 0 Å². The van der Waals surface area contributed by atoms with Gasteiger partial charge in [-0.15, -0.1) is 0 Å². The number of Topliss-reactive ketones (excluding diaryl/α,β-unsaturated/α-hetero) is 1. The van der Waals surface area contributed by atoms with E-state index in [1.807, 2.05) is 27.7 Å². The largest absolute Gasteiger partial charge is 0.465 e. The van der Waals surface area contributed by atoms with Crippen molar-refractivity contribution in [1.29, 1.82) is 0 Å². The zero-order valence-corrected chi connectivity index (χ0v) is 17.8. The third kappa shape index (κ3) is 5.63. The summed E-state index contributed by atoms with van der Waals surface area (Å²) in [5, 5.41) is 11.0. The van der Waals surface area contributed by atoms with Gasteiger partial charge in [0, 0.05) is 24.7 Å². The highest BCUT2D eigenvalue weighted by Gasteiger charge is 2.57. The Morgan fingerprint density at radius 2 is 1.76 bits per heavy atom. The second kappa shape index (κ2) is 9.48. The highest BCUT2D eigenvalue weighted by molar-refractivity contribution is 6.02. The van der Waals surface area contributed by atoms with Crippen LogP contribution in [0.5, 0.6) is 0 Å². The molecule has 1 aromatic rings. The van der Waals surface area contributed by atoms with Crippen molar-refractivity contribution < 1.29 is 29.0 Å². The molecule has 0 unspecified atom stereocenters. The maximum Gasteiger partial charge on any atom is 0.317 e. The Morgan fingerprint density at radius 1 is 1.17 bits per heavy atom. The van der Waals surface area contributed by atoms with Gasteiger partial charge >= 0.3 is 11.9 Å². The van der Waals surface area contributed by atoms with Crippen molar-refractivity contribution >= 4 is 17.7 Å². The molecule has 0 bridgehead atoms. The van der Waals surface area contributed by atoms with Crippen LogP contribution < -0.4 is 0 Å². The number of aromatic nitrogens is 1. The van der Waals surface area contributed by atoms with Gasteiger partial charge in [-0.1, -0.05) is 33.8 Å². The lowest BCUT2D eigenvalue weighted by Gasteiger charge is -2.43. The van der Waals surface area contributed by atoms with Crippen LogP contribution in [0, 0.1) is 23.7 Å². The molecule has 29 heavy (non-hydrogen) atoms. The molecular formula is C22H31NO6. The van der Waals surface area contributed by atoms with Crippen molar-refractivity contribution in [2.45, 2.75) is 52.6 Å². The molecule has 1 aromatic heterocycles. The van der Waals surface area contributed by atoms with E-state index in [0.29, 0.717) is 5.56 Å². The van der Waals surface area contributed by atoms with Gasteiger partial charge in [0.05, 0.1) is 24.7 Å². The SMILES string of the molecule is CC(C)COC(=O)[C@@H]1C(=O)C[C@](C)(O)[C@@H](C(=O)OCC(C)C)[C@@H]1c1cccnc1. The molecule has 0 aliphatic heterocycles. The fourth-order valence-electron chi connectivity index (χ4n) is 3.67. The number of aliphatic hydroxyl groups is 1. The Labute approximate surface area is 171 Å². The van der Waals surface area contributed by atoms with Gasteiger partial charge in [-0.3, -0.25) is 19.4 Å². The Kier molecular flexibility index (Phi) is 7.52. The molecule has 0 saturated heterocycles. The summed E-state index contributed by atoms with van der Waals surface area (Å²) in [4.78, 5) is 42.8. The van der Waals surface area contributed by atoms with E-state index >= 15 is 0 Å². The summed E-state index contributed by atoms with van der Waals surface area (Å²) in [6.45, 7) is 9.38. The molecular weight excluding hydrogens is 374 g/mol. The Bertz CT molecular complexity index is 728. The summed E-state index contributed by atoms with van der Waals surface area (Å²) in [5.41, 5.74) is -1.14. The molecule has 0 aromatic carbocycles. The normalized spacial score (nSPS) is 27.2. The third-order valence-corrected chi connectivity index (χ3v) is 4.96. The predicted octanol–water partition coefficient (Wildman–Crippen LogP) is 2.52. The Hall–Kier alpha value is -2.28. The zero-order valence-electron chi connectivity index (χ0n) is 17.8. The first kappa shape index (κ1) is 23.0. The van der Waals surface area contributed by atoms with Crippen LogP contribution in [0.15, 0.2) is 24.5 Å². The molecule has 7 heteroatoms. The van der Waals surface area contributed by atoms with Crippen LogP contribution in [0.2, 0.25) is 0 Å². The van der Waals surface area contributed by atoms with Crippen LogP contribution in [0.25, 0.3) is 0 Å². The van der Waals surface area contributed by atoms with Crippen LogP contribution >= 0.6 is 0 Å². The van der Waals surface area contributed by atoms with E-state index in [0.717, 1.165) is 0 Å². The van der Waals surface area contributed by atoms with Gasteiger partial charge < -0.3 is 14.6 Å². The van der Waals surface area contributed by atoms with E-state index in [2.05, 4.69) is 4.98 Å². The number of ketones is 1. The molecule has 1 heterocycles. The summed E-state index contributed by atoms with van der Waals surface area (Å²) in [6, 6.07) is 3.36. The van der Waals surface area contributed by atoms with Gasteiger partial charge in [-0.25, -0.2) is 0 Å². The molecule has 1 fully saturated rings. The third-order valence-electron chi connectivity index (χ3n) is 4.96. The zero-order chi connectivity index (χ0) is 21.8. The standard InChI is InChI=1S/C22H31NO6/c1-13(2)11-28-20(25)18-16(24)9-22(5,27)19(21(26)29-12-14(3)4)17(18)15-7-6-8-23-10-15/h6-8,10,13-14,17-19,27H,9,11-12H2,1-5H3/t17-,18-,19-,22+/m1/s1. The number of carbonyl (C=O) groups excluding carboxylic acids is 3. The fourth-order valence-corrected chi connectivity index (χ4v) is 3.67. The highest BCUT2D eigenvalue weighted by atomic mass is 16.5. The summed E-state index contributed by atoms with van der Waals surface area (Å²) >= 11 is 0. The first-order chi connectivity index (χ1) is 13.5. The summed E-state index contributed by atoms with van der Waals surface area (Å²) in [7, 11) is 0. The molecule has 1 saturated carbocycles. The Balaban J connectivity index is 2.47. The van der Waals surface area contributed by atoms with Gasteiger partial charge in [0.25, 0.3) is 0 Å². The lowest BCUT2D eigenvalue weighted by atomic mass is 9.62. The number of pyridine rings is 1. The monoisotopic (exact) mass is 405 g/mol. The predicted molar refractivity (Wildman–Crippen MR) is 106 cm³/mol. The van der Waals surface area contributed by atoms with Gasteiger partial charge in [0.15, 0.2) is 5.78 Å². The van der Waals surface area contributed by atoms with Crippen molar-refractivity contribution in [3.05, 3.63) is 30.1 Å². The number of hydrogen-bond acceptors (Lipinski definition) is 7. The molecule has 1 aliphatic carbocycles. The lowest BCUT2D eigenvalue weighted by molar-refractivity contribution is -0.173. The smallest absolute Gasteiger partial charge is 0.317 e.